The Morgan fingerprint density at radius 1 is 1.27 bits per heavy atom. The molecule has 2 nitrogen and oxygen atoms in total. The molecule has 0 spiro atoms. The molecule has 62 valence electrons. The molecule has 1 N–H and O–H groups in total. The van der Waals surface area contributed by atoms with Gasteiger partial charge < -0.3 is 6.53 Å². The molecule has 0 unspecified atom stereocenters. The van der Waals surface area contributed by atoms with Crippen molar-refractivity contribution >= 4 is 5.97 Å². The van der Waals surface area contributed by atoms with Crippen LogP contribution in [0.25, 0.3) is 0 Å². The van der Waals surface area contributed by atoms with Gasteiger partial charge in [-0.05, 0) is 6.42 Å². The van der Waals surface area contributed by atoms with E-state index in [2.05, 4.69) is 6.92 Å². The van der Waals surface area contributed by atoms with E-state index >= 15 is 0 Å². The van der Waals surface area contributed by atoms with Gasteiger partial charge in [-0.25, -0.2) is 0 Å². The van der Waals surface area contributed by atoms with Crippen molar-refractivity contribution in [1.82, 2.24) is 0 Å². The molecular weight excluding hydrogens is 151 g/mol. The van der Waals surface area contributed by atoms with Gasteiger partial charge in [0.1, 0.15) is 0 Å². The SMILES string of the molecule is CCCCCCCC(=O)O.[H-].[Na+]. The molecule has 0 fully saturated rings. The molecule has 0 saturated carbocycles. The van der Waals surface area contributed by atoms with Crippen molar-refractivity contribution < 1.29 is 40.9 Å². The first-order valence-electron chi connectivity index (χ1n) is 3.99. The van der Waals surface area contributed by atoms with Crippen LogP contribution >= 0.6 is 0 Å². The van der Waals surface area contributed by atoms with Gasteiger partial charge in [-0.3, -0.25) is 4.79 Å². The zero-order valence-corrected chi connectivity index (χ0v) is 9.60. The van der Waals surface area contributed by atoms with E-state index in [0.717, 1.165) is 12.8 Å². The average Bonchev–Trinajstić information content (AvgIpc) is 1.87. The number of hydrogen-bond donors (Lipinski definition) is 1. The van der Waals surface area contributed by atoms with Crippen LogP contribution in [0.4, 0.5) is 0 Å². The fourth-order valence-electron chi connectivity index (χ4n) is 0.880. The molecule has 0 aromatic carbocycles. The Hall–Kier alpha value is 0.470. The van der Waals surface area contributed by atoms with Crippen LogP contribution in [-0.2, 0) is 4.79 Å². The van der Waals surface area contributed by atoms with Crippen molar-refractivity contribution in [3.8, 4) is 0 Å². The Balaban J connectivity index is -0.000000405. The molecular formula is C8H17NaO2. The van der Waals surface area contributed by atoms with Crippen molar-refractivity contribution in [2.45, 2.75) is 45.4 Å². The van der Waals surface area contributed by atoms with E-state index in [0.29, 0.717) is 6.42 Å². The second-order valence-electron chi connectivity index (χ2n) is 2.56. The van der Waals surface area contributed by atoms with Crippen LogP contribution in [0.1, 0.15) is 46.9 Å². The van der Waals surface area contributed by atoms with E-state index in [4.69, 9.17) is 5.11 Å². The summed E-state index contributed by atoms with van der Waals surface area (Å²) < 4.78 is 0. The number of rotatable bonds is 6. The monoisotopic (exact) mass is 168 g/mol. The van der Waals surface area contributed by atoms with Crippen LogP contribution in [0.5, 0.6) is 0 Å². The van der Waals surface area contributed by atoms with Crippen molar-refractivity contribution in [3.63, 3.8) is 0 Å². The number of unbranched alkanes of at least 4 members (excludes halogenated alkanes) is 4. The minimum atomic E-state index is -0.670. The summed E-state index contributed by atoms with van der Waals surface area (Å²) in [5, 5.41) is 8.27. The maximum absolute atomic E-state index is 10.0. The molecule has 0 aromatic heterocycles. The maximum atomic E-state index is 10.0. The van der Waals surface area contributed by atoms with Gasteiger partial charge in [0.15, 0.2) is 0 Å². The zero-order valence-electron chi connectivity index (χ0n) is 8.60. The van der Waals surface area contributed by atoms with Crippen molar-refractivity contribution in [2.24, 2.45) is 0 Å². The van der Waals surface area contributed by atoms with Gasteiger partial charge in [0, 0.05) is 6.42 Å². The molecule has 0 aromatic rings. The van der Waals surface area contributed by atoms with Crippen molar-refractivity contribution in [3.05, 3.63) is 0 Å². The summed E-state index contributed by atoms with van der Waals surface area (Å²) in [5.74, 6) is -0.670. The average molecular weight is 168 g/mol. The minimum absolute atomic E-state index is 0. The van der Waals surface area contributed by atoms with Crippen LogP contribution < -0.4 is 29.6 Å². The molecule has 0 amide bonds. The third kappa shape index (κ3) is 13.5. The quantitative estimate of drug-likeness (QED) is 0.431. The van der Waals surface area contributed by atoms with Crippen LogP contribution in [0, 0.1) is 0 Å². The minimum Gasteiger partial charge on any atom is -1.00 e. The first-order chi connectivity index (χ1) is 4.77. The topological polar surface area (TPSA) is 37.3 Å². The van der Waals surface area contributed by atoms with E-state index in [1.807, 2.05) is 0 Å². The molecule has 0 saturated heterocycles. The van der Waals surface area contributed by atoms with Crippen LogP contribution in [-0.4, -0.2) is 11.1 Å². The smallest absolute Gasteiger partial charge is 1.00 e. The fraction of sp³-hybridized carbons (Fsp3) is 0.875. The number of carboxylic acids is 1. The number of hydrogen-bond acceptors (Lipinski definition) is 1. The normalized spacial score (nSPS) is 8.82. The Morgan fingerprint density at radius 3 is 2.27 bits per heavy atom. The third-order valence-electron chi connectivity index (χ3n) is 1.49. The standard InChI is InChI=1S/C8H16O2.Na.H/c1-2-3-4-5-6-7-8(9)10;;/h2-7H2,1H3,(H,9,10);;/q;+1;-1. The predicted octanol–water partition coefficient (Wildman–Crippen LogP) is -0.452. The summed E-state index contributed by atoms with van der Waals surface area (Å²) in [6.07, 6.45) is 5.88. The molecule has 0 atom stereocenters. The van der Waals surface area contributed by atoms with E-state index < -0.39 is 5.97 Å². The Morgan fingerprint density at radius 2 is 1.82 bits per heavy atom. The van der Waals surface area contributed by atoms with Gasteiger partial charge in [0.05, 0.1) is 0 Å². The zero-order chi connectivity index (χ0) is 7.82. The molecule has 0 rings (SSSR count). The van der Waals surface area contributed by atoms with E-state index in [1.165, 1.54) is 19.3 Å². The van der Waals surface area contributed by atoms with Gasteiger partial charge in [0.25, 0.3) is 0 Å². The molecule has 3 heteroatoms. The van der Waals surface area contributed by atoms with Crippen LogP contribution in [0.15, 0.2) is 0 Å². The van der Waals surface area contributed by atoms with Gasteiger partial charge >= 0.3 is 35.5 Å². The Kier molecular flexibility index (Phi) is 13.3. The van der Waals surface area contributed by atoms with Gasteiger partial charge in [-0.1, -0.05) is 32.6 Å². The van der Waals surface area contributed by atoms with Crippen molar-refractivity contribution in [2.75, 3.05) is 0 Å². The number of carbonyl (C=O) groups is 1. The molecule has 11 heavy (non-hydrogen) atoms. The summed E-state index contributed by atoms with van der Waals surface area (Å²) in [6.45, 7) is 2.15. The largest absolute Gasteiger partial charge is 1.00 e. The van der Waals surface area contributed by atoms with Crippen LogP contribution in [0.2, 0.25) is 0 Å². The Labute approximate surface area is 92.1 Å². The summed E-state index contributed by atoms with van der Waals surface area (Å²) in [5.41, 5.74) is 0. The predicted molar refractivity (Wildman–Crippen MR) is 42.1 cm³/mol. The van der Waals surface area contributed by atoms with E-state index in [9.17, 15) is 4.79 Å². The van der Waals surface area contributed by atoms with Gasteiger partial charge in [-0.15, -0.1) is 0 Å². The third-order valence-corrected chi connectivity index (χ3v) is 1.49. The number of carboxylic acid groups (broad SMARTS) is 1. The second-order valence-corrected chi connectivity index (χ2v) is 2.56. The number of aliphatic carboxylic acids is 1. The molecule has 0 heterocycles. The summed E-state index contributed by atoms with van der Waals surface area (Å²) in [7, 11) is 0. The summed E-state index contributed by atoms with van der Waals surface area (Å²) in [4.78, 5) is 10.0. The fourth-order valence-corrected chi connectivity index (χ4v) is 0.880. The second kappa shape index (κ2) is 10.5. The first-order valence-corrected chi connectivity index (χ1v) is 3.99. The maximum Gasteiger partial charge on any atom is 1.00 e. The van der Waals surface area contributed by atoms with Crippen molar-refractivity contribution in [1.29, 1.82) is 0 Å². The molecule has 0 aliphatic heterocycles. The molecule has 0 bridgehead atoms. The van der Waals surface area contributed by atoms with Crippen LogP contribution in [0.3, 0.4) is 0 Å². The molecule has 0 aliphatic carbocycles. The van der Waals surface area contributed by atoms with E-state index in [-0.39, 0.29) is 31.0 Å². The molecule has 0 aliphatic rings. The summed E-state index contributed by atoms with van der Waals surface area (Å²) >= 11 is 0. The first kappa shape index (κ1) is 14.0. The molecule has 0 radical (unpaired) electrons. The summed E-state index contributed by atoms with van der Waals surface area (Å²) in [6, 6.07) is 0. The van der Waals surface area contributed by atoms with E-state index in [1.54, 1.807) is 0 Å². The van der Waals surface area contributed by atoms with Gasteiger partial charge in [0.2, 0.25) is 0 Å². The van der Waals surface area contributed by atoms with Gasteiger partial charge in [-0.2, -0.15) is 0 Å². The Bertz CT molecular complexity index is 99.1.